The molecule has 0 aliphatic heterocycles. The van der Waals surface area contributed by atoms with E-state index in [0.29, 0.717) is 15.6 Å². The summed E-state index contributed by atoms with van der Waals surface area (Å²) in [6, 6.07) is 6.03. The molecule has 0 unspecified atom stereocenters. The number of hydrogen-bond donors (Lipinski definition) is 1. The van der Waals surface area contributed by atoms with Gasteiger partial charge in [0, 0.05) is 10.6 Å². The molecule has 3 aromatic rings. The normalized spacial score (nSPS) is 10.8. The molecule has 0 aliphatic rings. The number of rotatable bonds is 3. The molecule has 0 bridgehead atoms. The maximum Gasteiger partial charge on any atom is 0.343 e. The molecule has 106 valence electrons. The number of nitrogens with one attached hydrogen (secondary N) is 1. The lowest BCUT2D eigenvalue weighted by molar-refractivity contribution is -0.389. The van der Waals surface area contributed by atoms with Gasteiger partial charge in [-0.2, -0.15) is 4.98 Å². The zero-order chi connectivity index (χ0) is 15.0. The summed E-state index contributed by atoms with van der Waals surface area (Å²) in [5, 5.41) is 21.2. The molecule has 10 heteroatoms. The van der Waals surface area contributed by atoms with Crippen molar-refractivity contribution in [3.05, 3.63) is 44.4 Å². The van der Waals surface area contributed by atoms with Crippen LogP contribution in [0.3, 0.4) is 0 Å². The molecular weight excluding hydrogens is 321 g/mol. The maximum absolute atomic E-state index is 10.6. The van der Waals surface area contributed by atoms with Crippen LogP contribution in [0.15, 0.2) is 28.8 Å². The highest BCUT2D eigenvalue weighted by atomic mass is 35.5. The van der Waals surface area contributed by atoms with E-state index in [1.807, 2.05) is 0 Å². The van der Waals surface area contributed by atoms with Crippen molar-refractivity contribution >= 4 is 29.0 Å². The molecule has 8 nitrogen and oxygen atoms in total. The van der Waals surface area contributed by atoms with Gasteiger partial charge in [-0.3, -0.25) is 0 Å². The Balaban J connectivity index is 1.97. The summed E-state index contributed by atoms with van der Waals surface area (Å²) in [6.07, 6.45) is 0. The fourth-order valence-electron chi connectivity index (χ4n) is 1.62. The van der Waals surface area contributed by atoms with Gasteiger partial charge in [0.1, 0.15) is 0 Å². The predicted octanol–water partition coefficient (Wildman–Crippen LogP) is 3.34. The molecule has 0 fully saturated rings. The lowest BCUT2D eigenvalue weighted by Gasteiger charge is -1.98. The van der Waals surface area contributed by atoms with Gasteiger partial charge in [-0.1, -0.05) is 33.5 Å². The Hall–Kier alpha value is -2.45. The van der Waals surface area contributed by atoms with Crippen LogP contribution in [0.5, 0.6) is 0 Å². The van der Waals surface area contributed by atoms with E-state index in [1.54, 1.807) is 18.2 Å². The van der Waals surface area contributed by atoms with Crippen molar-refractivity contribution in [2.24, 2.45) is 0 Å². The van der Waals surface area contributed by atoms with Gasteiger partial charge >= 0.3 is 5.82 Å². The van der Waals surface area contributed by atoms with E-state index >= 15 is 0 Å². The van der Waals surface area contributed by atoms with Crippen LogP contribution in [-0.4, -0.2) is 25.3 Å². The molecule has 0 saturated carbocycles. The third kappa shape index (κ3) is 2.58. The Kier molecular flexibility index (Phi) is 3.32. The van der Waals surface area contributed by atoms with Crippen LogP contribution in [0.25, 0.3) is 23.0 Å². The first-order valence-electron chi connectivity index (χ1n) is 5.54. The average molecular weight is 326 g/mol. The van der Waals surface area contributed by atoms with Gasteiger partial charge in [0.25, 0.3) is 5.89 Å². The predicted molar refractivity (Wildman–Crippen MR) is 74.0 cm³/mol. The standard InChI is InChI=1S/C11H5Cl2N5O3/c12-5-1-2-6(7(13)3-5)10-14-11(21-17-10)8-4-9(16-15-8)18(19)20/h1-4H,(H,15,16). The monoisotopic (exact) mass is 325 g/mol. The second-order valence-corrected chi connectivity index (χ2v) is 4.79. The number of nitro groups is 1. The molecule has 3 rings (SSSR count). The fraction of sp³-hybridized carbons (Fsp3) is 0. The Morgan fingerprint density at radius 2 is 2.10 bits per heavy atom. The Bertz CT molecular complexity index is 829. The molecule has 2 aromatic heterocycles. The van der Waals surface area contributed by atoms with E-state index in [9.17, 15) is 10.1 Å². The second-order valence-electron chi connectivity index (χ2n) is 3.94. The van der Waals surface area contributed by atoms with Crippen LogP contribution in [0.4, 0.5) is 5.82 Å². The quantitative estimate of drug-likeness (QED) is 0.584. The van der Waals surface area contributed by atoms with Crippen molar-refractivity contribution in [1.29, 1.82) is 0 Å². The van der Waals surface area contributed by atoms with Gasteiger partial charge in [0.05, 0.1) is 11.1 Å². The number of hydrogen-bond acceptors (Lipinski definition) is 6. The van der Waals surface area contributed by atoms with Gasteiger partial charge in [-0.05, 0) is 23.1 Å². The Morgan fingerprint density at radius 3 is 2.76 bits per heavy atom. The van der Waals surface area contributed by atoms with E-state index in [-0.39, 0.29) is 23.2 Å². The summed E-state index contributed by atoms with van der Waals surface area (Å²) in [5.74, 6) is 0.00645. The molecule has 2 heterocycles. The highest BCUT2D eigenvalue weighted by Gasteiger charge is 2.18. The van der Waals surface area contributed by atoms with Crippen molar-refractivity contribution < 1.29 is 9.45 Å². The lowest BCUT2D eigenvalue weighted by Crippen LogP contribution is -1.86. The number of H-pyrrole nitrogens is 1. The molecule has 0 spiro atoms. The van der Waals surface area contributed by atoms with E-state index in [1.165, 1.54) is 6.07 Å². The van der Waals surface area contributed by atoms with Gasteiger partial charge < -0.3 is 14.6 Å². The Labute approximate surface area is 126 Å². The first-order chi connectivity index (χ1) is 10.0. The average Bonchev–Trinajstić information content (AvgIpc) is 3.07. The van der Waals surface area contributed by atoms with Crippen molar-refractivity contribution in [3.63, 3.8) is 0 Å². The second kappa shape index (κ2) is 5.15. The summed E-state index contributed by atoms with van der Waals surface area (Å²) in [5.41, 5.74) is 0.701. The summed E-state index contributed by atoms with van der Waals surface area (Å²) in [6.45, 7) is 0. The third-order valence-corrected chi connectivity index (χ3v) is 3.13. The molecule has 0 radical (unpaired) electrons. The minimum absolute atomic E-state index is 0.0420. The van der Waals surface area contributed by atoms with Crippen LogP contribution >= 0.6 is 23.2 Å². The summed E-state index contributed by atoms with van der Waals surface area (Å²) in [7, 11) is 0. The van der Waals surface area contributed by atoms with E-state index in [2.05, 4.69) is 20.3 Å². The van der Waals surface area contributed by atoms with Crippen LogP contribution in [0, 0.1) is 10.1 Å². The van der Waals surface area contributed by atoms with Crippen LogP contribution in [-0.2, 0) is 0 Å². The first kappa shape index (κ1) is 13.5. The summed E-state index contributed by atoms with van der Waals surface area (Å²) >= 11 is 11.9. The van der Waals surface area contributed by atoms with Gasteiger partial charge in [0.15, 0.2) is 5.69 Å². The number of aromatic amines is 1. The highest BCUT2D eigenvalue weighted by Crippen LogP contribution is 2.30. The van der Waals surface area contributed by atoms with E-state index < -0.39 is 4.92 Å². The molecule has 0 atom stereocenters. The molecule has 1 aromatic carbocycles. The first-order valence-corrected chi connectivity index (χ1v) is 6.29. The lowest BCUT2D eigenvalue weighted by atomic mass is 10.2. The molecule has 0 amide bonds. The number of benzene rings is 1. The molecule has 0 aliphatic carbocycles. The SMILES string of the molecule is O=[N+]([O-])c1cc(-c2nc(-c3ccc(Cl)cc3Cl)no2)n[nH]1. The van der Waals surface area contributed by atoms with Crippen molar-refractivity contribution in [1.82, 2.24) is 20.3 Å². The van der Waals surface area contributed by atoms with Crippen molar-refractivity contribution in [2.45, 2.75) is 0 Å². The number of halogens is 2. The molecule has 1 N–H and O–H groups in total. The smallest absolute Gasteiger partial charge is 0.343 e. The minimum atomic E-state index is -0.607. The Morgan fingerprint density at radius 1 is 1.29 bits per heavy atom. The third-order valence-electron chi connectivity index (χ3n) is 2.58. The van der Waals surface area contributed by atoms with Crippen LogP contribution in [0.1, 0.15) is 0 Å². The van der Waals surface area contributed by atoms with E-state index in [4.69, 9.17) is 27.7 Å². The molecule has 21 heavy (non-hydrogen) atoms. The van der Waals surface area contributed by atoms with E-state index in [0.717, 1.165) is 0 Å². The number of nitrogens with zero attached hydrogens (tertiary/aromatic N) is 4. The van der Waals surface area contributed by atoms with Gasteiger partial charge in [-0.25, -0.2) is 0 Å². The van der Waals surface area contributed by atoms with Crippen LogP contribution in [0.2, 0.25) is 10.0 Å². The van der Waals surface area contributed by atoms with Gasteiger partial charge in [-0.15, -0.1) is 5.10 Å². The van der Waals surface area contributed by atoms with Crippen LogP contribution < -0.4 is 0 Å². The largest absolute Gasteiger partial charge is 0.358 e. The highest BCUT2D eigenvalue weighted by molar-refractivity contribution is 6.36. The molecule has 0 saturated heterocycles. The topological polar surface area (TPSA) is 111 Å². The molecular formula is C11H5Cl2N5O3. The minimum Gasteiger partial charge on any atom is -0.358 e. The maximum atomic E-state index is 10.6. The zero-order valence-corrected chi connectivity index (χ0v) is 11.6. The zero-order valence-electron chi connectivity index (χ0n) is 10.1. The van der Waals surface area contributed by atoms with Crippen molar-refractivity contribution in [3.8, 4) is 23.0 Å². The fourth-order valence-corrected chi connectivity index (χ4v) is 2.12. The number of aromatic nitrogens is 4. The summed E-state index contributed by atoms with van der Waals surface area (Å²) < 4.78 is 5.03. The van der Waals surface area contributed by atoms with Crippen molar-refractivity contribution in [2.75, 3.05) is 0 Å². The summed E-state index contributed by atoms with van der Waals surface area (Å²) in [4.78, 5) is 14.1. The van der Waals surface area contributed by atoms with Gasteiger partial charge in [0.2, 0.25) is 5.82 Å².